The molecule has 0 fully saturated rings. The number of unbranched alkanes of at least 4 members (excludes halogenated alkanes) is 38. The predicted octanol–water partition coefficient (Wildman–Crippen LogP) is 19.0. The van der Waals surface area contributed by atoms with Crippen molar-refractivity contribution in [2.45, 2.75) is 361 Å². The third-order valence-corrected chi connectivity index (χ3v) is 17.8. The molecule has 0 aliphatic rings. The van der Waals surface area contributed by atoms with Gasteiger partial charge in [0.25, 0.3) is 0 Å². The molecule has 86 heavy (non-hydrogen) atoms. The second kappa shape index (κ2) is 60.6. The van der Waals surface area contributed by atoms with Crippen LogP contribution in [-0.4, -0.2) is 96.7 Å². The third kappa shape index (κ3) is 59.7. The van der Waals surface area contributed by atoms with Crippen molar-refractivity contribution in [2.24, 2.45) is 5.92 Å². The largest absolute Gasteiger partial charge is 0.472 e. The van der Waals surface area contributed by atoms with Gasteiger partial charge in [0, 0.05) is 25.7 Å². The number of carbonyl (C=O) groups is 4. The summed E-state index contributed by atoms with van der Waals surface area (Å²) < 4.78 is 67.9. The molecule has 0 amide bonds. The molecule has 0 aliphatic heterocycles. The summed E-state index contributed by atoms with van der Waals surface area (Å²) in [6, 6.07) is 0. The van der Waals surface area contributed by atoms with Gasteiger partial charge in [-0.2, -0.15) is 0 Å². The summed E-state index contributed by atoms with van der Waals surface area (Å²) in [5, 5.41) is 10.5. The molecule has 0 saturated carbocycles. The molecule has 3 N–H and O–H groups in total. The average molecular weight is 1270 g/mol. The van der Waals surface area contributed by atoms with Crippen LogP contribution in [0.5, 0.6) is 0 Å². The van der Waals surface area contributed by atoms with E-state index in [1.165, 1.54) is 154 Å². The molecule has 0 bridgehead atoms. The van der Waals surface area contributed by atoms with E-state index < -0.39 is 97.5 Å². The molecule has 0 aromatic heterocycles. The molecule has 6 atom stereocenters. The number of esters is 4. The fraction of sp³-hybridized carbons (Fsp3) is 0.940. The highest BCUT2D eigenvalue weighted by atomic mass is 31.2. The summed E-state index contributed by atoms with van der Waals surface area (Å²) >= 11 is 0. The van der Waals surface area contributed by atoms with Gasteiger partial charge in [0.2, 0.25) is 0 Å². The van der Waals surface area contributed by atoms with Crippen LogP contribution in [-0.2, 0) is 65.4 Å². The minimum absolute atomic E-state index is 0.104. The standard InChI is InChI=1S/C67H130O17P2/c1-6-10-13-16-18-20-21-22-23-24-25-26-27-28-29-34-38-43-48-53-67(72)84-63(57-78-65(70)51-46-41-37-33-31-30-32-35-40-44-49-60(5)9-4)59-82-86(75,76)80-55-61(68)54-79-85(73,74)81-58-62(56-77-64(69)50-45-39-15-12-8-3)83-66(71)52-47-42-36-19-17-14-11-7-2/h60-63,68H,6-59H2,1-5H3,(H,73,74)(H,75,76)/t60?,61-,62+,63+/m0/s1. The lowest BCUT2D eigenvalue weighted by atomic mass is 9.99. The van der Waals surface area contributed by atoms with Gasteiger partial charge < -0.3 is 33.8 Å². The van der Waals surface area contributed by atoms with Gasteiger partial charge in [-0.3, -0.25) is 37.3 Å². The van der Waals surface area contributed by atoms with Gasteiger partial charge >= 0.3 is 39.5 Å². The average Bonchev–Trinajstić information content (AvgIpc) is 3.66. The zero-order chi connectivity index (χ0) is 63.5. The zero-order valence-corrected chi connectivity index (χ0v) is 57.2. The lowest BCUT2D eigenvalue weighted by Crippen LogP contribution is -2.30. The molecule has 0 saturated heterocycles. The van der Waals surface area contributed by atoms with Gasteiger partial charge in [-0.1, -0.05) is 291 Å². The summed E-state index contributed by atoms with van der Waals surface area (Å²) in [6.07, 6.45) is 46.3. The summed E-state index contributed by atoms with van der Waals surface area (Å²) in [4.78, 5) is 72.0. The SMILES string of the molecule is CCCCCCCCCCCCCCCCCCCCCC(=O)O[C@H](COC(=O)CCCCCCCCCCCCC(C)CC)COP(=O)(O)OC[C@@H](O)COP(=O)(O)OC[C@@H](COC(=O)CCCCCCC)OC(=O)CCCCCCCCCC. The van der Waals surface area contributed by atoms with E-state index >= 15 is 0 Å². The van der Waals surface area contributed by atoms with Crippen molar-refractivity contribution in [3.8, 4) is 0 Å². The molecular weight excluding hydrogens is 1140 g/mol. The number of hydrogen-bond acceptors (Lipinski definition) is 15. The van der Waals surface area contributed by atoms with Crippen molar-refractivity contribution >= 4 is 39.5 Å². The Morgan fingerprint density at radius 2 is 0.558 bits per heavy atom. The van der Waals surface area contributed by atoms with E-state index in [0.29, 0.717) is 25.7 Å². The molecular formula is C67H130O17P2. The minimum Gasteiger partial charge on any atom is -0.462 e. The van der Waals surface area contributed by atoms with Crippen LogP contribution in [0, 0.1) is 5.92 Å². The summed E-state index contributed by atoms with van der Waals surface area (Å²) in [6.45, 7) is 7.13. The Labute approximate surface area is 524 Å². The van der Waals surface area contributed by atoms with Crippen LogP contribution in [0.15, 0.2) is 0 Å². The summed E-state index contributed by atoms with van der Waals surface area (Å²) in [5.74, 6) is -1.33. The number of aliphatic hydroxyl groups is 1. The number of rotatable bonds is 67. The van der Waals surface area contributed by atoms with Crippen molar-refractivity contribution in [1.29, 1.82) is 0 Å². The molecule has 0 heterocycles. The highest BCUT2D eigenvalue weighted by Gasteiger charge is 2.30. The molecule has 0 aromatic rings. The van der Waals surface area contributed by atoms with Crippen LogP contribution in [0.4, 0.5) is 0 Å². The van der Waals surface area contributed by atoms with E-state index in [2.05, 4.69) is 34.6 Å². The Hall–Kier alpha value is -1.94. The van der Waals surface area contributed by atoms with Crippen LogP contribution in [0.3, 0.4) is 0 Å². The van der Waals surface area contributed by atoms with Crippen LogP contribution < -0.4 is 0 Å². The fourth-order valence-electron chi connectivity index (χ4n) is 10.1. The van der Waals surface area contributed by atoms with Gasteiger partial charge in [-0.05, 0) is 31.6 Å². The van der Waals surface area contributed by atoms with Crippen molar-refractivity contribution in [1.82, 2.24) is 0 Å². The summed E-state index contributed by atoms with van der Waals surface area (Å²) in [5.41, 5.74) is 0. The quantitative estimate of drug-likeness (QED) is 0.0222. The Kier molecular flexibility index (Phi) is 59.2. The molecule has 3 unspecified atom stereocenters. The summed E-state index contributed by atoms with van der Waals surface area (Å²) in [7, 11) is -9.88. The zero-order valence-electron chi connectivity index (χ0n) is 55.4. The first kappa shape index (κ1) is 84.1. The minimum atomic E-state index is -4.95. The lowest BCUT2D eigenvalue weighted by Gasteiger charge is -2.21. The molecule has 0 aromatic carbocycles. The van der Waals surface area contributed by atoms with Crippen LogP contribution in [0.2, 0.25) is 0 Å². The first-order valence-electron chi connectivity index (χ1n) is 35.2. The fourth-order valence-corrected chi connectivity index (χ4v) is 11.7. The van der Waals surface area contributed by atoms with E-state index in [1.54, 1.807) is 0 Å². The van der Waals surface area contributed by atoms with E-state index in [0.717, 1.165) is 109 Å². The first-order chi connectivity index (χ1) is 41.6. The Morgan fingerprint density at radius 1 is 0.326 bits per heavy atom. The molecule has 0 rings (SSSR count). The lowest BCUT2D eigenvalue weighted by molar-refractivity contribution is -0.161. The Balaban J connectivity index is 5.13. The van der Waals surface area contributed by atoms with E-state index in [-0.39, 0.29) is 25.7 Å². The molecule has 17 nitrogen and oxygen atoms in total. The van der Waals surface area contributed by atoms with Crippen LogP contribution >= 0.6 is 15.6 Å². The smallest absolute Gasteiger partial charge is 0.462 e. The van der Waals surface area contributed by atoms with Gasteiger partial charge in [-0.25, -0.2) is 9.13 Å². The maximum Gasteiger partial charge on any atom is 0.472 e. The number of hydrogen-bond donors (Lipinski definition) is 3. The Morgan fingerprint density at radius 3 is 0.826 bits per heavy atom. The molecule has 0 spiro atoms. The van der Waals surface area contributed by atoms with E-state index in [9.17, 15) is 43.2 Å². The maximum atomic E-state index is 13.0. The van der Waals surface area contributed by atoms with Crippen molar-refractivity contribution < 1.29 is 80.2 Å². The Bertz CT molecular complexity index is 1670. The molecule has 19 heteroatoms. The van der Waals surface area contributed by atoms with Crippen molar-refractivity contribution in [3.63, 3.8) is 0 Å². The van der Waals surface area contributed by atoms with E-state index in [1.807, 2.05) is 0 Å². The second-order valence-electron chi connectivity index (χ2n) is 24.5. The number of ether oxygens (including phenoxy) is 4. The van der Waals surface area contributed by atoms with Crippen molar-refractivity contribution in [3.05, 3.63) is 0 Å². The van der Waals surface area contributed by atoms with Gasteiger partial charge in [-0.15, -0.1) is 0 Å². The highest BCUT2D eigenvalue weighted by Crippen LogP contribution is 2.45. The normalized spacial score (nSPS) is 14.5. The molecule has 510 valence electrons. The van der Waals surface area contributed by atoms with Gasteiger partial charge in [0.05, 0.1) is 26.4 Å². The monoisotopic (exact) mass is 1270 g/mol. The van der Waals surface area contributed by atoms with Gasteiger partial charge in [0.1, 0.15) is 19.3 Å². The maximum absolute atomic E-state index is 13.0. The predicted molar refractivity (Wildman–Crippen MR) is 345 cm³/mol. The highest BCUT2D eigenvalue weighted by molar-refractivity contribution is 7.47. The molecule has 0 aliphatic carbocycles. The van der Waals surface area contributed by atoms with Crippen molar-refractivity contribution in [2.75, 3.05) is 39.6 Å². The first-order valence-corrected chi connectivity index (χ1v) is 38.2. The number of phosphoric acid groups is 2. The van der Waals surface area contributed by atoms with Gasteiger partial charge in [0.15, 0.2) is 12.2 Å². The van der Waals surface area contributed by atoms with Crippen LogP contribution in [0.25, 0.3) is 0 Å². The second-order valence-corrected chi connectivity index (χ2v) is 27.4. The number of phosphoric ester groups is 2. The number of carbonyl (C=O) groups excluding carboxylic acids is 4. The van der Waals surface area contributed by atoms with E-state index in [4.69, 9.17) is 37.0 Å². The van der Waals surface area contributed by atoms with Crippen LogP contribution in [0.1, 0.15) is 343 Å². The third-order valence-electron chi connectivity index (χ3n) is 15.9. The topological polar surface area (TPSA) is 237 Å². The number of aliphatic hydroxyl groups excluding tert-OH is 1. The molecule has 0 radical (unpaired) electrons.